The Hall–Kier alpha value is -3.63. The molecule has 0 saturated heterocycles. The predicted molar refractivity (Wildman–Crippen MR) is 121 cm³/mol. The summed E-state index contributed by atoms with van der Waals surface area (Å²) >= 11 is 0. The molecule has 0 fully saturated rings. The maximum atomic E-state index is 5.94. The number of oxime groups is 1. The minimum absolute atomic E-state index is 0.0860. The van der Waals surface area contributed by atoms with E-state index in [0.29, 0.717) is 23.8 Å². The molecule has 4 rings (SSSR count). The number of H-pyrrole nitrogens is 1. The number of hydrogen-bond donors (Lipinski definition) is 1. The molecule has 0 radical (unpaired) electrons. The van der Waals surface area contributed by atoms with Crippen LogP contribution in [0.1, 0.15) is 11.1 Å². The Morgan fingerprint density at radius 3 is 2.48 bits per heavy atom. The van der Waals surface area contributed by atoms with Crippen molar-refractivity contribution in [3.63, 3.8) is 0 Å². The molecular weight excluding hydrogens is 394 g/mol. The SMILES string of the molecule is C#CCON=C1c2cc(OC)c(OC)cc2-c2[nH]c3ccc(OCCN(C)C)cc3c21. The van der Waals surface area contributed by atoms with E-state index in [1.165, 1.54) is 0 Å². The van der Waals surface area contributed by atoms with Gasteiger partial charge >= 0.3 is 0 Å². The number of nitrogens with zero attached hydrogens (tertiary/aromatic N) is 2. The van der Waals surface area contributed by atoms with Crippen LogP contribution in [0.25, 0.3) is 22.2 Å². The number of fused-ring (bicyclic) bond motifs is 5. The Morgan fingerprint density at radius 2 is 1.81 bits per heavy atom. The van der Waals surface area contributed by atoms with E-state index in [1.807, 2.05) is 44.4 Å². The van der Waals surface area contributed by atoms with Crippen molar-refractivity contribution in [3.05, 3.63) is 41.5 Å². The summed E-state index contributed by atoms with van der Waals surface area (Å²) in [5.41, 5.74) is 5.40. The number of benzene rings is 2. The zero-order chi connectivity index (χ0) is 22.0. The first-order valence-corrected chi connectivity index (χ1v) is 9.91. The fourth-order valence-electron chi connectivity index (χ4n) is 3.70. The summed E-state index contributed by atoms with van der Waals surface area (Å²) in [6.45, 7) is 1.52. The van der Waals surface area contributed by atoms with Crippen LogP contribution in [0.4, 0.5) is 0 Å². The maximum Gasteiger partial charge on any atom is 0.177 e. The molecule has 1 aliphatic carbocycles. The molecule has 7 nitrogen and oxygen atoms in total. The van der Waals surface area contributed by atoms with Crippen molar-refractivity contribution in [2.45, 2.75) is 0 Å². The van der Waals surface area contributed by atoms with E-state index in [4.69, 9.17) is 25.5 Å². The molecule has 0 bridgehead atoms. The van der Waals surface area contributed by atoms with Crippen LogP contribution in [0.3, 0.4) is 0 Å². The largest absolute Gasteiger partial charge is 0.493 e. The van der Waals surface area contributed by atoms with E-state index >= 15 is 0 Å². The van der Waals surface area contributed by atoms with Crippen LogP contribution in [0.5, 0.6) is 17.2 Å². The van der Waals surface area contributed by atoms with E-state index in [0.717, 1.165) is 45.6 Å². The van der Waals surface area contributed by atoms with E-state index in [9.17, 15) is 0 Å². The van der Waals surface area contributed by atoms with Gasteiger partial charge in [-0.15, -0.1) is 6.42 Å². The highest BCUT2D eigenvalue weighted by molar-refractivity contribution is 6.30. The number of aromatic nitrogens is 1. The van der Waals surface area contributed by atoms with Crippen molar-refractivity contribution in [1.82, 2.24) is 9.88 Å². The maximum absolute atomic E-state index is 5.94. The summed E-state index contributed by atoms with van der Waals surface area (Å²) in [7, 11) is 7.26. The highest BCUT2D eigenvalue weighted by atomic mass is 16.6. The predicted octanol–water partition coefficient (Wildman–Crippen LogP) is 3.51. The topological polar surface area (TPSA) is 68.3 Å². The first-order chi connectivity index (χ1) is 15.1. The molecule has 0 unspecified atom stereocenters. The second kappa shape index (κ2) is 8.62. The van der Waals surface area contributed by atoms with Crippen molar-refractivity contribution in [2.75, 3.05) is 48.1 Å². The molecule has 7 heteroatoms. The molecule has 0 amide bonds. The van der Waals surface area contributed by atoms with Crippen molar-refractivity contribution in [1.29, 1.82) is 0 Å². The van der Waals surface area contributed by atoms with Crippen LogP contribution in [-0.2, 0) is 4.84 Å². The smallest absolute Gasteiger partial charge is 0.177 e. The van der Waals surface area contributed by atoms with Gasteiger partial charge in [-0.2, -0.15) is 0 Å². The molecule has 1 N–H and O–H groups in total. The van der Waals surface area contributed by atoms with Gasteiger partial charge in [-0.25, -0.2) is 0 Å². The summed E-state index contributed by atoms with van der Waals surface area (Å²) in [5, 5.41) is 5.37. The van der Waals surface area contributed by atoms with E-state index in [1.54, 1.807) is 14.2 Å². The third-order valence-electron chi connectivity index (χ3n) is 5.17. The van der Waals surface area contributed by atoms with Gasteiger partial charge in [0.05, 0.1) is 19.9 Å². The van der Waals surface area contributed by atoms with E-state index in [-0.39, 0.29) is 6.61 Å². The third kappa shape index (κ3) is 3.78. The average molecular weight is 419 g/mol. The van der Waals surface area contributed by atoms with Crippen LogP contribution < -0.4 is 14.2 Å². The number of hydrogen-bond acceptors (Lipinski definition) is 6. The molecule has 3 aromatic rings. The number of ether oxygens (including phenoxy) is 3. The summed E-state index contributed by atoms with van der Waals surface area (Å²) in [5.74, 6) is 4.51. The second-order valence-corrected chi connectivity index (χ2v) is 7.40. The molecular formula is C24H25N3O4. The summed E-state index contributed by atoms with van der Waals surface area (Å²) in [6.07, 6.45) is 5.34. The number of terminal acetylenes is 1. The van der Waals surface area contributed by atoms with Gasteiger partial charge in [-0.1, -0.05) is 11.1 Å². The molecule has 31 heavy (non-hydrogen) atoms. The molecule has 0 atom stereocenters. The molecule has 2 aromatic carbocycles. The lowest BCUT2D eigenvalue weighted by molar-refractivity contribution is 0.180. The minimum Gasteiger partial charge on any atom is -0.493 e. The normalized spacial score (nSPS) is 13.2. The molecule has 1 aromatic heterocycles. The molecule has 1 heterocycles. The monoisotopic (exact) mass is 419 g/mol. The number of nitrogens with one attached hydrogen (secondary N) is 1. The lowest BCUT2D eigenvalue weighted by atomic mass is 10.1. The lowest BCUT2D eigenvalue weighted by Gasteiger charge is -2.12. The van der Waals surface area contributed by atoms with Crippen LogP contribution in [0.15, 0.2) is 35.5 Å². The van der Waals surface area contributed by atoms with Gasteiger partial charge < -0.3 is 28.9 Å². The highest BCUT2D eigenvalue weighted by Gasteiger charge is 2.32. The van der Waals surface area contributed by atoms with E-state index in [2.05, 4.69) is 21.0 Å². The van der Waals surface area contributed by atoms with Crippen LogP contribution in [-0.4, -0.2) is 63.7 Å². The minimum atomic E-state index is 0.0860. The van der Waals surface area contributed by atoms with Crippen molar-refractivity contribution >= 4 is 16.6 Å². The standard InChI is InChI=1S/C24H25N3O4/c1-6-10-31-26-24-17-14-21(29-5)20(28-4)13-16(17)23-22(24)18-12-15(7-8-19(18)25-23)30-11-9-27(2)3/h1,7-8,12-14,25H,9-11H2,2-5H3. The van der Waals surface area contributed by atoms with Gasteiger partial charge in [0, 0.05) is 34.1 Å². The van der Waals surface area contributed by atoms with Gasteiger partial charge in [0.2, 0.25) is 0 Å². The first-order valence-electron chi connectivity index (χ1n) is 9.91. The quantitative estimate of drug-likeness (QED) is 0.269. The Labute approximate surface area is 181 Å². The fraction of sp³-hybridized carbons (Fsp3) is 0.292. The van der Waals surface area contributed by atoms with Crippen LogP contribution in [0, 0.1) is 12.3 Å². The number of likely N-dealkylation sites (N-methyl/N-ethyl adjacent to an activating group) is 1. The van der Waals surface area contributed by atoms with Gasteiger partial charge in [0.25, 0.3) is 0 Å². The zero-order valence-corrected chi connectivity index (χ0v) is 18.1. The second-order valence-electron chi connectivity index (χ2n) is 7.40. The van der Waals surface area contributed by atoms with Crippen molar-refractivity contribution in [3.8, 4) is 40.8 Å². The Morgan fingerprint density at radius 1 is 1.06 bits per heavy atom. The molecule has 0 saturated carbocycles. The Balaban J connectivity index is 1.84. The van der Waals surface area contributed by atoms with E-state index < -0.39 is 0 Å². The zero-order valence-electron chi connectivity index (χ0n) is 18.1. The molecule has 1 aliphatic rings. The average Bonchev–Trinajstić information content (AvgIpc) is 3.27. The van der Waals surface area contributed by atoms with Crippen molar-refractivity contribution in [2.24, 2.45) is 5.16 Å². The fourth-order valence-corrected chi connectivity index (χ4v) is 3.70. The summed E-state index contributed by atoms with van der Waals surface area (Å²) in [4.78, 5) is 11.0. The van der Waals surface area contributed by atoms with Gasteiger partial charge in [0.15, 0.2) is 18.1 Å². The summed E-state index contributed by atoms with van der Waals surface area (Å²) < 4.78 is 16.9. The van der Waals surface area contributed by atoms with Crippen molar-refractivity contribution < 1.29 is 19.0 Å². The van der Waals surface area contributed by atoms with Gasteiger partial charge in [0.1, 0.15) is 18.1 Å². The highest BCUT2D eigenvalue weighted by Crippen LogP contribution is 2.45. The van der Waals surface area contributed by atoms with Crippen LogP contribution in [0.2, 0.25) is 0 Å². The third-order valence-corrected chi connectivity index (χ3v) is 5.17. The Bertz CT molecular complexity index is 1190. The van der Waals surface area contributed by atoms with Crippen LogP contribution >= 0.6 is 0 Å². The first kappa shape index (κ1) is 20.6. The van der Waals surface area contributed by atoms with Gasteiger partial charge in [-0.05, 0) is 44.4 Å². The summed E-state index contributed by atoms with van der Waals surface area (Å²) in [6, 6.07) is 9.85. The Kier molecular flexibility index (Phi) is 5.74. The molecule has 0 aliphatic heterocycles. The lowest BCUT2D eigenvalue weighted by Crippen LogP contribution is -2.19. The molecule has 160 valence electrons. The number of methoxy groups -OCH3 is 2. The number of rotatable bonds is 8. The van der Waals surface area contributed by atoms with Gasteiger partial charge in [-0.3, -0.25) is 0 Å². The molecule has 0 spiro atoms. The number of aromatic amines is 1.